The first-order valence-electron chi connectivity index (χ1n) is 17.8. The third-order valence-corrected chi connectivity index (χ3v) is 11.7. The van der Waals surface area contributed by atoms with Gasteiger partial charge in [0.2, 0.25) is 11.8 Å². The fraction of sp³-hybridized carbons (Fsp3) is 0.400. The van der Waals surface area contributed by atoms with Crippen LogP contribution in [0.3, 0.4) is 0 Å². The van der Waals surface area contributed by atoms with Crippen molar-refractivity contribution in [1.82, 2.24) is 24.7 Å². The van der Waals surface area contributed by atoms with Gasteiger partial charge in [0.1, 0.15) is 5.75 Å². The van der Waals surface area contributed by atoms with Crippen molar-refractivity contribution >= 4 is 35.2 Å². The van der Waals surface area contributed by atoms with Gasteiger partial charge in [0.25, 0.3) is 0 Å². The summed E-state index contributed by atoms with van der Waals surface area (Å²) in [6.45, 7) is 5.40. The van der Waals surface area contributed by atoms with Gasteiger partial charge >= 0.3 is 6.09 Å². The van der Waals surface area contributed by atoms with Crippen LogP contribution in [-0.4, -0.2) is 99.4 Å². The Balaban J connectivity index is 1.11. The zero-order valence-electron chi connectivity index (χ0n) is 30.0. The number of aromatic nitrogens is 2. The third-order valence-electron chi connectivity index (χ3n) is 10.9. The summed E-state index contributed by atoms with van der Waals surface area (Å²) in [4.78, 5) is 39.1. The highest BCUT2D eigenvalue weighted by atomic mass is 35.5. The van der Waals surface area contributed by atoms with E-state index >= 15 is 0 Å². The molecular formula is C40H43Cl2N5O6. The number of hydrogen-bond donors (Lipinski definition) is 2. The number of likely N-dealkylation sites (tertiary alicyclic amines) is 2. The lowest BCUT2D eigenvalue weighted by Gasteiger charge is -2.58. The van der Waals surface area contributed by atoms with Crippen molar-refractivity contribution in [3.63, 3.8) is 0 Å². The molecule has 1 spiro atoms. The lowest BCUT2D eigenvalue weighted by Crippen LogP contribution is -2.63. The van der Waals surface area contributed by atoms with E-state index in [9.17, 15) is 19.8 Å². The summed E-state index contributed by atoms with van der Waals surface area (Å²) in [7, 11) is 3.17. The summed E-state index contributed by atoms with van der Waals surface area (Å²) in [5, 5.41) is 20.7. The van der Waals surface area contributed by atoms with E-state index in [1.165, 1.54) is 18.9 Å². The van der Waals surface area contributed by atoms with Gasteiger partial charge in [0.05, 0.1) is 48.3 Å². The molecule has 2 aromatic heterocycles. The lowest BCUT2D eigenvalue weighted by molar-refractivity contribution is -0.131. The van der Waals surface area contributed by atoms with E-state index in [-0.39, 0.29) is 30.0 Å². The van der Waals surface area contributed by atoms with Crippen molar-refractivity contribution in [1.29, 1.82) is 0 Å². The largest absolute Gasteiger partial charge is 0.496 e. The third kappa shape index (κ3) is 7.40. The van der Waals surface area contributed by atoms with Crippen molar-refractivity contribution in [2.45, 2.75) is 57.8 Å². The molecule has 2 amide bonds. The fourth-order valence-corrected chi connectivity index (χ4v) is 8.86. The molecule has 53 heavy (non-hydrogen) atoms. The molecule has 4 heterocycles. The molecule has 13 heteroatoms. The standard InChI is InChI=1S/C40H43Cl2N5O6/c1-24(48)46-15-12-28(13-16-46)47(39(50)51)21-27-9-10-33(44-38(27)53-3)32-6-4-5-30(35(32)41)31-11-14-43-37(36(31)42)25-7-8-26(34(17-25)52-2)20-45-22-40(23-45)18-29(49)19-40/h4-11,14,17,28-29,49H,12-13,15-16,18-23H2,1-3H3,(H,50,51). The minimum Gasteiger partial charge on any atom is -0.496 e. The molecular weight excluding hydrogens is 717 g/mol. The first-order valence-corrected chi connectivity index (χ1v) is 18.5. The van der Waals surface area contributed by atoms with Crippen LogP contribution in [0.2, 0.25) is 10.0 Å². The number of hydrogen-bond acceptors (Lipinski definition) is 8. The number of halogens is 2. The molecule has 278 valence electrons. The Morgan fingerprint density at radius 2 is 1.64 bits per heavy atom. The molecule has 11 nitrogen and oxygen atoms in total. The van der Waals surface area contributed by atoms with Gasteiger partial charge < -0.3 is 29.5 Å². The van der Waals surface area contributed by atoms with Crippen molar-refractivity contribution in [2.75, 3.05) is 40.4 Å². The molecule has 0 unspecified atom stereocenters. The normalized spacial score (nSPS) is 17.3. The Kier molecular flexibility index (Phi) is 10.5. The van der Waals surface area contributed by atoms with Crippen LogP contribution in [-0.2, 0) is 17.9 Å². The van der Waals surface area contributed by atoms with Gasteiger partial charge in [-0.3, -0.25) is 14.7 Å². The van der Waals surface area contributed by atoms with Crippen LogP contribution >= 0.6 is 23.2 Å². The number of carbonyl (C=O) groups excluding carboxylic acids is 1. The molecule has 3 fully saturated rings. The molecule has 0 bridgehead atoms. The Labute approximate surface area is 319 Å². The van der Waals surface area contributed by atoms with E-state index in [4.69, 9.17) is 37.7 Å². The van der Waals surface area contributed by atoms with E-state index < -0.39 is 6.09 Å². The number of methoxy groups -OCH3 is 2. The highest BCUT2D eigenvalue weighted by molar-refractivity contribution is 6.39. The van der Waals surface area contributed by atoms with Crippen molar-refractivity contribution in [3.05, 3.63) is 82.0 Å². The van der Waals surface area contributed by atoms with Gasteiger partial charge in [-0.1, -0.05) is 53.5 Å². The molecule has 1 aliphatic carbocycles. The van der Waals surface area contributed by atoms with Gasteiger partial charge in [0.15, 0.2) is 0 Å². The number of aliphatic hydroxyl groups excluding tert-OH is 1. The SMILES string of the molecule is COc1cc(-c2nccc(-c3cccc(-c4ccc(CN(C(=O)O)C5CCN(C(C)=O)CC5)c(OC)n4)c3Cl)c2Cl)ccc1CN1CC2(CC(O)C2)C1. The molecule has 2 aliphatic heterocycles. The highest BCUT2D eigenvalue weighted by Crippen LogP contribution is 2.49. The second-order valence-corrected chi connectivity index (χ2v) is 15.2. The number of piperidine rings is 1. The van der Waals surface area contributed by atoms with E-state index in [1.807, 2.05) is 48.5 Å². The van der Waals surface area contributed by atoms with Crippen molar-refractivity contribution in [3.8, 4) is 45.3 Å². The first-order chi connectivity index (χ1) is 25.5. The fourth-order valence-electron chi connectivity index (χ4n) is 8.21. The summed E-state index contributed by atoms with van der Waals surface area (Å²) in [6.07, 6.45) is 3.43. The van der Waals surface area contributed by atoms with Gasteiger partial charge in [-0.25, -0.2) is 9.78 Å². The molecule has 0 atom stereocenters. The van der Waals surface area contributed by atoms with Crippen LogP contribution in [0.5, 0.6) is 11.6 Å². The number of rotatable bonds is 10. The van der Waals surface area contributed by atoms with E-state index in [0.717, 1.165) is 49.4 Å². The molecule has 4 aromatic rings. The van der Waals surface area contributed by atoms with Crippen LogP contribution in [0, 0.1) is 5.41 Å². The van der Waals surface area contributed by atoms with Crippen LogP contribution in [0.1, 0.15) is 43.7 Å². The number of amides is 2. The van der Waals surface area contributed by atoms with Crippen molar-refractivity contribution in [2.24, 2.45) is 5.41 Å². The minimum atomic E-state index is -1.04. The Morgan fingerprint density at radius 1 is 0.943 bits per heavy atom. The second-order valence-electron chi connectivity index (χ2n) is 14.4. The summed E-state index contributed by atoms with van der Waals surface area (Å²) in [5.74, 6) is 1.05. The Bertz CT molecular complexity index is 2020. The topological polar surface area (TPSA) is 129 Å². The maximum absolute atomic E-state index is 12.3. The number of pyridine rings is 2. The number of benzene rings is 2. The zero-order valence-corrected chi connectivity index (χ0v) is 31.5. The second kappa shape index (κ2) is 15.1. The minimum absolute atomic E-state index is 0.00470. The highest BCUT2D eigenvalue weighted by Gasteiger charge is 2.51. The van der Waals surface area contributed by atoms with Gasteiger partial charge in [-0.15, -0.1) is 0 Å². The lowest BCUT2D eigenvalue weighted by atomic mass is 9.62. The average molecular weight is 761 g/mol. The summed E-state index contributed by atoms with van der Waals surface area (Å²) in [6, 6.07) is 16.9. The molecule has 7 rings (SSSR count). The average Bonchev–Trinajstić information content (AvgIpc) is 3.13. The Hall–Kier alpha value is -4.42. The van der Waals surface area contributed by atoms with E-state index in [2.05, 4.69) is 16.0 Å². The van der Waals surface area contributed by atoms with Crippen molar-refractivity contribution < 1.29 is 29.3 Å². The number of carboxylic acid groups (broad SMARTS) is 1. The van der Waals surface area contributed by atoms with Crippen LogP contribution in [0.15, 0.2) is 60.8 Å². The smallest absolute Gasteiger partial charge is 0.407 e. The van der Waals surface area contributed by atoms with Crippen LogP contribution in [0.4, 0.5) is 4.79 Å². The summed E-state index contributed by atoms with van der Waals surface area (Å²) in [5.41, 5.74) is 6.02. The molecule has 0 radical (unpaired) electrons. The Morgan fingerprint density at radius 3 is 2.30 bits per heavy atom. The molecule has 2 N–H and O–H groups in total. The quantitative estimate of drug-likeness (QED) is 0.172. The molecule has 1 saturated carbocycles. The van der Waals surface area contributed by atoms with Gasteiger partial charge in [0, 0.05) is 90.7 Å². The van der Waals surface area contributed by atoms with Gasteiger partial charge in [-0.2, -0.15) is 0 Å². The molecule has 2 aromatic carbocycles. The monoisotopic (exact) mass is 759 g/mol. The summed E-state index contributed by atoms with van der Waals surface area (Å²) < 4.78 is 11.5. The predicted molar refractivity (Wildman–Crippen MR) is 203 cm³/mol. The van der Waals surface area contributed by atoms with Crippen LogP contribution in [0.25, 0.3) is 33.6 Å². The first kappa shape index (κ1) is 36.9. The number of nitrogens with zero attached hydrogens (tertiary/aromatic N) is 5. The predicted octanol–water partition coefficient (Wildman–Crippen LogP) is 7.25. The number of ether oxygens (including phenoxy) is 2. The summed E-state index contributed by atoms with van der Waals surface area (Å²) >= 11 is 14.2. The van der Waals surface area contributed by atoms with E-state index in [1.54, 1.807) is 18.2 Å². The van der Waals surface area contributed by atoms with Gasteiger partial charge in [-0.05, 0) is 49.9 Å². The number of aliphatic hydroxyl groups is 1. The number of carbonyl (C=O) groups is 2. The maximum atomic E-state index is 12.3. The van der Waals surface area contributed by atoms with E-state index in [0.29, 0.717) is 75.5 Å². The van der Waals surface area contributed by atoms with Crippen LogP contribution < -0.4 is 9.47 Å². The zero-order chi connectivity index (χ0) is 37.4. The maximum Gasteiger partial charge on any atom is 0.407 e. The molecule has 2 saturated heterocycles. The molecule has 3 aliphatic rings.